The molecule has 0 aliphatic carbocycles. The quantitative estimate of drug-likeness (QED) is 0.615. The number of carbonyl (C=O) groups excluding carboxylic acids is 1. The van der Waals surface area contributed by atoms with Crippen molar-refractivity contribution in [2.45, 2.75) is 6.18 Å². The van der Waals surface area contributed by atoms with E-state index >= 15 is 0 Å². The van der Waals surface area contributed by atoms with Crippen LogP contribution >= 0.6 is 11.6 Å². The number of pyridine rings is 1. The van der Waals surface area contributed by atoms with Gasteiger partial charge in [0.1, 0.15) is 11.6 Å². The van der Waals surface area contributed by atoms with Gasteiger partial charge in [-0.2, -0.15) is 13.2 Å². The maximum atomic E-state index is 12.7. The molecule has 3 N–H and O–H groups in total. The molecule has 2 heterocycles. The number of rotatable bonds is 3. The molecule has 0 spiro atoms. The smallest absolute Gasteiger partial charge is 0.417 e. The number of nitrogens with zero attached hydrogens (tertiary/aromatic N) is 1. The number of hydrogen-bond acceptors (Lipinski definition) is 3. The Morgan fingerprint density at radius 2 is 1.88 bits per heavy atom. The second kappa shape index (κ2) is 6.72. The Balaban J connectivity index is 1.80. The molecule has 0 radical (unpaired) electrons. The summed E-state index contributed by atoms with van der Waals surface area (Å²) in [5.74, 6) is -0.753. The highest BCUT2D eigenvalue weighted by atomic mass is 35.5. The first-order valence-corrected chi connectivity index (χ1v) is 7.64. The highest BCUT2D eigenvalue weighted by Crippen LogP contribution is 2.35. The van der Waals surface area contributed by atoms with Crippen LogP contribution in [0.2, 0.25) is 5.02 Å². The van der Waals surface area contributed by atoms with Gasteiger partial charge < -0.3 is 15.4 Å². The Kier molecular flexibility index (Phi) is 4.60. The summed E-state index contributed by atoms with van der Waals surface area (Å²) in [6, 6.07) is 8.15. The molecule has 1 amide bonds. The lowest BCUT2D eigenvalue weighted by Gasteiger charge is -2.07. The van der Waals surface area contributed by atoms with Crippen LogP contribution in [-0.4, -0.2) is 21.0 Å². The number of amides is 1. The van der Waals surface area contributed by atoms with E-state index in [1.54, 1.807) is 12.1 Å². The average molecular weight is 382 g/mol. The molecular formula is C17H11ClF3N3O2. The number of benzene rings is 1. The van der Waals surface area contributed by atoms with Gasteiger partial charge in [0, 0.05) is 29.0 Å². The van der Waals surface area contributed by atoms with Crippen LogP contribution in [0.25, 0.3) is 11.3 Å². The SMILES string of the molecule is O=C(Nc1cc(O)c(-c2cc(C(F)(F)F)c[nH]2)cn1)c1ccc(Cl)cc1. The lowest BCUT2D eigenvalue weighted by molar-refractivity contribution is -0.137. The molecule has 0 bridgehead atoms. The second-order valence-corrected chi connectivity index (χ2v) is 5.78. The van der Waals surface area contributed by atoms with Crippen molar-refractivity contribution in [2.75, 3.05) is 5.32 Å². The molecule has 1 aromatic carbocycles. The molecule has 3 rings (SSSR count). The Bertz CT molecular complexity index is 953. The second-order valence-electron chi connectivity index (χ2n) is 5.35. The van der Waals surface area contributed by atoms with Crippen molar-refractivity contribution in [1.29, 1.82) is 0 Å². The van der Waals surface area contributed by atoms with Crippen LogP contribution < -0.4 is 5.32 Å². The Morgan fingerprint density at radius 1 is 1.19 bits per heavy atom. The van der Waals surface area contributed by atoms with E-state index in [0.29, 0.717) is 10.6 Å². The van der Waals surface area contributed by atoms with Crippen LogP contribution in [0.1, 0.15) is 15.9 Å². The number of aromatic amines is 1. The molecule has 0 fully saturated rings. The number of nitrogens with one attached hydrogen (secondary N) is 2. The van der Waals surface area contributed by atoms with Gasteiger partial charge in [-0.15, -0.1) is 0 Å². The Hall–Kier alpha value is -3.00. The normalized spacial score (nSPS) is 11.4. The molecule has 0 saturated carbocycles. The van der Waals surface area contributed by atoms with E-state index < -0.39 is 17.6 Å². The van der Waals surface area contributed by atoms with Crippen molar-refractivity contribution in [1.82, 2.24) is 9.97 Å². The number of aromatic hydroxyl groups is 1. The zero-order chi connectivity index (χ0) is 18.9. The first-order valence-electron chi connectivity index (χ1n) is 7.26. The van der Waals surface area contributed by atoms with Gasteiger partial charge in [0.15, 0.2) is 0 Å². The third-order valence-corrected chi connectivity index (χ3v) is 3.78. The predicted octanol–water partition coefficient (Wildman–Crippen LogP) is 4.71. The molecule has 134 valence electrons. The van der Waals surface area contributed by atoms with Gasteiger partial charge >= 0.3 is 6.18 Å². The molecule has 0 unspecified atom stereocenters. The minimum atomic E-state index is -4.50. The first kappa shape index (κ1) is 17.8. The van der Waals surface area contributed by atoms with Gasteiger partial charge in [-0.05, 0) is 30.3 Å². The van der Waals surface area contributed by atoms with Crippen molar-refractivity contribution < 1.29 is 23.1 Å². The maximum Gasteiger partial charge on any atom is 0.417 e. The van der Waals surface area contributed by atoms with Gasteiger partial charge in [0.05, 0.1) is 16.8 Å². The molecule has 0 aliphatic rings. The number of halogens is 4. The fraction of sp³-hybridized carbons (Fsp3) is 0.0588. The molecular weight excluding hydrogens is 371 g/mol. The van der Waals surface area contributed by atoms with Crippen LogP contribution in [0.3, 0.4) is 0 Å². The van der Waals surface area contributed by atoms with Gasteiger partial charge in [-0.25, -0.2) is 4.98 Å². The van der Waals surface area contributed by atoms with Crippen molar-refractivity contribution in [3.8, 4) is 17.0 Å². The lowest BCUT2D eigenvalue weighted by Crippen LogP contribution is -2.12. The molecule has 0 atom stereocenters. The number of hydrogen-bond donors (Lipinski definition) is 3. The van der Waals surface area contributed by atoms with Crippen molar-refractivity contribution >= 4 is 23.3 Å². The van der Waals surface area contributed by atoms with Gasteiger partial charge in [-0.1, -0.05) is 11.6 Å². The standard InChI is InChI=1S/C17H11ClF3N3O2/c18-11-3-1-9(2-4-11)16(26)24-15-6-14(25)12(8-23-15)13-5-10(7-22-13)17(19,20)21/h1-8,22H,(H2,23,24,25,26). The van der Waals surface area contributed by atoms with Crippen LogP contribution in [-0.2, 0) is 6.18 Å². The summed E-state index contributed by atoms with van der Waals surface area (Å²) in [4.78, 5) is 18.5. The number of alkyl halides is 3. The molecule has 9 heteroatoms. The average Bonchev–Trinajstić information content (AvgIpc) is 3.05. The van der Waals surface area contributed by atoms with Crippen molar-refractivity contribution in [3.05, 3.63) is 64.9 Å². The third kappa shape index (κ3) is 3.80. The van der Waals surface area contributed by atoms with E-state index in [4.69, 9.17) is 11.6 Å². The van der Waals surface area contributed by atoms with E-state index in [0.717, 1.165) is 18.3 Å². The van der Waals surface area contributed by atoms with Crippen molar-refractivity contribution in [2.24, 2.45) is 0 Å². The van der Waals surface area contributed by atoms with Crippen molar-refractivity contribution in [3.63, 3.8) is 0 Å². The number of anilines is 1. The van der Waals surface area contributed by atoms with Crippen LogP contribution in [0.5, 0.6) is 5.75 Å². The summed E-state index contributed by atoms with van der Waals surface area (Å²) in [7, 11) is 0. The lowest BCUT2D eigenvalue weighted by atomic mass is 10.1. The molecule has 2 aromatic heterocycles. The number of carbonyl (C=O) groups is 1. The first-order chi connectivity index (χ1) is 12.2. The van der Waals surface area contributed by atoms with Gasteiger partial charge in [0.25, 0.3) is 5.91 Å². The zero-order valence-corrected chi connectivity index (χ0v) is 13.7. The molecule has 0 saturated heterocycles. The topological polar surface area (TPSA) is 78.0 Å². The highest BCUT2D eigenvalue weighted by molar-refractivity contribution is 6.30. The van der Waals surface area contributed by atoms with E-state index in [2.05, 4.69) is 15.3 Å². The zero-order valence-electron chi connectivity index (χ0n) is 12.9. The largest absolute Gasteiger partial charge is 0.507 e. The van der Waals surface area contributed by atoms with E-state index in [1.807, 2.05) is 0 Å². The van der Waals surface area contributed by atoms with E-state index in [1.165, 1.54) is 18.3 Å². The van der Waals surface area contributed by atoms with E-state index in [-0.39, 0.29) is 22.8 Å². The minimum Gasteiger partial charge on any atom is -0.507 e. The Labute approximate surface area is 150 Å². The highest BCUT2D eigenvalue weighted by Gasteiger charge is 2.32. The predicted molar refractivity (Wildman–Crippen MR) is 90.1 cm³/mol. The molecule has 5 nitrogen and oxygen atoms in total. The maximum absolute atomic E-state index is 12.7. The summed E-state index contributed by atoms with van der Waals surface area (Å²) < 4.78 is 38.0. The third-order valence-electron chi connectivity index (χ3n) is 3.53. The van der Waals surface area contributed by atoms with Crippen LogP contribution in [0.4, 0.5) is 19.0 Å². The summed E-state index contributed by atoms with van der Waals surface area (Å²) in [5.41, 5.74) is -0.408. The van der Waals surface area contributed by atoms with Crippen LogP contribution in [0.15, 0.2) is 48.8 Å². The van der Waals surface area contributed by atoms with Gasteiger partial charge in [-0.3, -0.25) is 4.79 Å². The van der Waals surface area contributed by atoms with Crippen LogP contribution in [0, 0.1) is 0 Å². The minimum absolute atomic E-state index is 0.0498. The van der Waals surface area contributed by atoms with Gasteiger partial charge in [0.2, 0.25) is 0 Å². The molecule has 3 aromatic rings. The summed E-state index contributed by atoms with van der Waals surface area (Å²) in [6.45, 7) is 0. The number of H-pyrrole nitrogens is 1. The summed E-state index contributed by atoms with van der Waals surface area (Å²) >= 11 is 5.75. The monoisotopic (exact) mass is 381 g/mol. The fourth-order valence-corrected chi connectivity index (χ4v) is 2.35. The molecule has 26 heavy (non-hydrogen) atoms. The Morgan fingerprint density at radius 3 is 2.46 bits per heavy atom. The fourth-order valence-electron chi connectivity index (χ4n) is 2.22. The summed E-state index contributed by atoms with van der Waals surface area (Å²) in [5, 5.41) is 13.0. The van der Waals surface area contributed by atoms with E-state index in [9.17, 15) is 23.1 Å². The molecule has 0 aliphatic heterocycles. The summed E-state index contributed by atoms with van der Waals surface area (Å²) in [6.07, 6.45) is -2.53. The number of aromatic nitrogens is 2.